The summed E-state index contributed by atoms with van der Waals surface area (Å²) in [7, 11) is 0. The van der Waals surface area contributed by atoms with Gasteiger partial charge in [0, 0.05) is 36.8 Å². The lowest BCUT2D eigenvalue weighted by Gasteiger charge is -2.36. The van der Waals surface area contributed by atoms with E-state index >= 15 is 0 Å². The second-order valence-electron chi connectivity index (χ2n) is 12.5. The van der Waals surface area contributed by atoms with Crippen molar-refractivity contribution >= 4 is 28.2 Å². The number of hydrogen-bond acceptors (Lipinski definition) is 9. The van der Waals surface area contributed by atoms with E-state index in [0.717, 1.165) is 18.4 Å². The third-order valence-electron chi connectivity index (χ3n) is 7.68. The summed E-state index contributed by atoms with van der Waals surface area (Å²) in [6.45, 7) is 7.55. The number of rotatable bonds is 8. The molecule has 0 spiro atoms. The smallest absolute Gasteiger partial charge is 0.254 e. The van der Waals surface area contributed by atoms with Gasteiger partial charge < -0.3 is 20.6 Å². The van der Waals surface area contributed by atoms with Crippen LogP contribution in [0.25, 0.3) is 10.9 Å². The van der Waals surface area contributed by atoms with E-state index in [-0.39, 0.29) is 11.3 Å². The van der Waals surface area contributed by atoms with Gasteiger partial charge in [0.25, 0.3) is 5.91 Å². The predicted molar refractivity (Wildman–Crippen MR) is 161 cm³/mol. The minimum Gasteiger partial charge on any atom is -0.389 e. The van der Waals surface area contributed by atoms with Crippen molar-refractivity contribution in [1.29, 1.82) is 10.5 Å². The number of anilines is 2. The van der Waals surface area contributed by atoms with Crippen molar-refractivity contribution in [3.05, 3.63) is 76.7 Å². The van der Waals surface area contributed by atoms with Gasteiger partial charge in [-0.2, -0.15) is 10.5 Å². The fraction of sp³-hybridized carbons (Fsp3) is 0.375. The van der Waals surface area contributed by atoms with Crippen molar-refractivity contribution < 1.29 is 9.90 Å². The van der Waals surface area contributed by atoms with E-state index in [1.54, 1.807) is 29.3 Å². The largest absolute Gasteiger partial charge is 0.389 e. The highest BCUT2D eigenvalue weighted by Crippen LogP contribution is 2.37. The van der Waals surface area contributed by atoms with Gasteiger partial charge in [-0.15, -0.1) is 5.10 Å². The Balaban J connectivity index is 1.44. The van der Waals surface area contributed by atoms with E-state index in [1.807, 2.05) is 29.1 Å². The molecule has 3 N–H and O–H groups in total. The summed E-state index contributed by atoms with van der Waals surface area (Å²) >= 11 is 0. The van der Waals surface area contributed by atoms with Gasteiger partial charge >= 0.3 is 0 Å². The van der Waals surface area contributed by atoms with Crippen LogP contribution < -0.4 is 10.6 Å². The number of aliphatic hydroxyl groups excluding tert-OH is 1. The molecule has 0 bridgehead atoms. The molecule has 2 aliphatic rings. The molecule has 1 atom stereocenters. The van der Waals surface area contributed by atoms with Crippen molar-refractivity contribution in [2.24, 2.45) is 5.41 Å². The van der Waals surface area contributed by atoms with Gasteiger partial charge in [0.15, 0.2) is 0 Å². The topological polar surface area (TPSA) is 156 Å². The molecular weight excluding hydrogens is 542 g/mol. The number of nitrogens with one attached hydrogen (secondary N) is 2. The molecule has 0 unspecified atom stereocenters. The highest BCUT2D eigenvalue weighted by atomic mass is 16.3. The van der Waals surface area contributed by atoms with Crippen LogP contribution in [0.1, 0.15) is 78.4 Å². The summed E-state index contributed by atoms with van der Waals surface area (Å²) in [5.74, 6) is -0.148. The number of nitrogens with zero attached hydrogens (tertiary/aromatic N) is 7. The lowest BCUT2D eigenvalue weighted by molar-refractivity contribution is 0.00589. The van der Waals surface area contributed by atoms with Crippen molar-refractivity contribution in [2.45, 2.75) is 51.8 Å². The third-order valence-corrected chi connectivity index (χ3v) is 7.68. The third kappa shape index (κ3) is 5.85. The van der Waals surface area contributed by atoms with E-state index in [9.17, 15) is 20.4 Å². The van der Waals surface area contributed by atoms with Crippen LogP contribution in [0.4, 0.5) is 11.4 Å². The Morgan fingerprint density at radius 3 is 2.63 bits per heavy atom. The van der Waals surface area contributed by atoms with Crippen LogP contribution in [0.3, 0.4) is 0 Å². The number of likely N-dealkylation sites (tertiary alicyclic amines) is 1. The Kier molecular flexibility index (Phi) is 7.20. The molecule has 43 heavy (non-hydrogen) atoms. The zero-order valence-corrected chi connectivity index (χ0v) is 24.4. The van der Waals surface area contributed by atoms with Crippen molar-refractivity contribution in [3.8, 4) is 12.1 Å². The average Bonchev–Trinajstić information content (AvgIpc) is 3.72. The number of pyridine rings is 1. The van der Waals surface area contributed by atoms with Gasteiger partial charge in [0.2, 0.25) is 0 Å². The summed E-state index contributed by atoms with van der Waals surface area (Å²) in [5, 5.41) is 46.1. The highest BCUT2D eigenvalue weighted by molar-refractivity contribution is 6.01. The van der Waals surface area contributed by atoms with Gasteiger partial charge in [0.05, 0.1) is 58.5 Å². The lowest BCUT2D eigenvalue weighted by Crippen LogP contribution is -2.53. The number of hydrogen-bond donors (Lipinski definition) is 3. The SMILES string of the molecule is CC(C)(C)CNc1c(C#N)cnc2c(N[C@@H](c3cccc(C(=O)N4CC(O)C4)c3)c3cn(C4CC4)nn3)cc(C#N)cc12. The molecular formula is C32H33N9O2. The minimum atomic E-state index is -0.525. The van der Waals surface area contributed by atoms with E-state index < -0.39 is 12.1 Å². The first kappa shape index (κ1) is 28.1. The van der Waals surface area contributed by atoms with Crippen molar-refractivity contribution in [2.75, 3.05) is 30.3 Å². The zero-order chi connectivity index (χ0) is 30.3. The Morgan fingerprint density at radius 1 is 1.16 bits per heavy atom. The number of β-amino-alcohol motifs (C(OH)–C–C–N with tert-alkyl or cyclic N) is 1. The number of benzene rings is 2. The molecule has 11 heteroatoms. The molecule has 1 aliphatic heterocycles. The molecule has 1 amide bonds. The van der Waals surface area contributed by atoms with Gasteiger partial charge in [-0.05, 0) is 48.1 Å². The molecule has 1 saturated heterocycles. The molecule has 2 fully saturated rings. The monoisotopic (exact) mass is 575 g/mol. The van der Waals surface area contributed by atoms with E-state index in [0.29, 0.717) is 70.3 Å². The standard InChI is InChI=1S/C32H33N9O2/c1-32(2,3)18-36-28-22(13-34)14-35-30-25(28)9-19(12-33)10-26(30)37-29(27-17-41(39-38-27)23-7-8-23)20-5-4-6-21(11-20)31(43)40-15-24(42)16-40/h4-6,9-11,14,17,23-24,29,37,42H,7-8,15-16,18H2,1-3H3,(H,35,36)/t29-/m0/s1. The van der Waals surface area contributed by atoms with Crippen LogP contribution in [0, 0.1) is 28.1 Å². The van der Waals surface area contributed by atoms with Crippen LogP contribution in [0.2, 0.25) is 0 Å². The molecule has 3 heterocycles. The molecule has 1 saturated carbocycles. The Morgan fingerprint density at radius 2 is 1.95 bits per heavy atom. The first-order valence-corrected chi connectivity index (χ1v) is 14.4. The van der Waals surface area contributed by atoms with E-state index in [4.69, 9.17) is 0 Å². The quantitative estimate of drug-likeness (QED) is 0.277. The Bertz CT molecular complexity index is 1780. The van der Waals surface area contributed by atoms with Crippen LogP contribution in [-0.2, 0) is 0 Å². The lowest BCUT2D eigenvalue weighted by atomic mass is 9.96. The maximum atomic E-state index is 13.1. The number of aromatic nitrogens is 4. The highest BCUT2D eigenvalue weighted by Gasteiger charge is 2.31. The number of carbonyl (C=O) groups excluding carboxylic acids is 1. The predicted octanol–water partition coefficient (Wildman–Crippen LogP) is 4.38. The maximum absolute atomic E-state index is 13.1. The van der Waals surface area contributed by atoms with Gasteiger partial charge in [0.1, 0.15) is 11.8 Å². The number of carbonyl (C=O) groups is 1. The second kappa shape index (κ2) is 11.0. The molecule has 6 rings (SSSR count). The first-order valence-electron chi connectivity index (χ1n) is 14.4. The van der Waals surface area contributed by atoms with Crippen LogP contribution in [0.5, 0.6) is 0 Å². The normalized spacial score (nSPS) is 15.8. The average molecular weight is 576 g/mol. The van der Waals surface area contributed by atoms with Crippen molar-refractivity contribution in [1.82, 2.24) is 24.9 Å². The van der Waals surface area contributed by atoms with Crippen LogP contribution in [0.15, 0.2) is 48.8 Å². The molecule has 2 aromatic carbocycles. The molecule has 11 nitrogen and oxygen atoms in total. The summed E-state index contributed by atoms with van der Waals surface area (Å²) < 4.78 is 1.87. The van der Waals surface area contributed by atoms with Gasteiger partial charge in [-0.3, -0.25) is 9.78 Å². The summed E-state index contributed by atoms with van der Waals surface area (Å²) in [6, 6.07) is 15.1. The number of nitriles is 2. The minimum absolute atomic E-state index is 0.0503. The zero-order valence-electron chi connectivity index (χ0n) is 24.4. The van der Waals surface area contributed by atoms with E-state index in [2.05, 4.69) is 58.8 Å². The van der Waals surface area contributed by atoms with Crippen LogP contribution in [-0.4, -0.2) is 61.6 Å². The van der Waals surface area contributed by atoms with Gasteiger partial charge in [-0.25, -0.2) is 4.68 Å². The van der Waals surface area contributed by atoms with E-state index in [1.165, 1.54) is 0 Å². The molecule has 0 radical (unpaired) electrons. The summed E-state index contributed by atoms with van der Waals surface area (Å²) in [4.78, 5) is 19.4. The second-order valence-corrected chi connectivity index (χ2v) is 12.5. The Hall–Kier alpha value is -5.00. The fourth-order valence-corrected chi connectivity index (χ4v) is 5.18. The molecule has 4 aromatic rings. The number of amides is 1. The molecule has 218 valence electrons. The maximum Gasteiger partial charge on any atom is 0.254 e. The number of fused-ring (bicyclic) bond motifs is 1. The fourth-order valence-electron chi connectivity index (χ4n) is 5.18. The molecule has 2 aromatic heterocycles. The Labute approximate surface area is 249 Å². The first-order chi connectivity index (χ1) is 20.6. The van der Waals surface area contributed by atoms with Crippen molar-refractivity contribution in [3.63, 3.8) is 0 Å². The van der Waals surface area contributed by atoms with Crippen LogP contribution >= 0.6 is 0 Å². The molecule has 1 aliphatic carbocycles. The summed E-state index contributed by atoms with van der Waals surface area (Å²) in [6.07, 6.45) is 5.08. The summed E-state index contributed by atoms with van der Waals surface area (Å²) in [5.41, 5.74) is 4.51. The number of aliphatic hydroxyl groups is 1. The van der Waals surface area contributed by atoms with Gasteiger partial charge in [-0.1, -0.05) is 38.1 Å².